The lowest BCUT2D eigenvalue weighted by Gasteiger charge is -2.22. The van der Waals surface area contributed by atoms with Gasteiger partial charge in [0.25, 0.3) is 11.8 Å². The fourth-order valence-electron chi connectivity index (χ4n) is 4.47. The minimum atomic E-state index is -0.272. The molecule has 1 aromatic heterocycles. The summed E-state index contributed by atoms with van der Waals surface area (Å²) in [5.41, 5.74) is 3.76. The van der Waals surface area contributed by atoms with E-state index in [1.807, 2.05) is 84.1 Å². The molecule has 0 unspecified atom stereocenters. The maximum Gasteiger partial charge on any atom is 0.282 e. The molecular weight excluding hydrogens is 418 g/mol. The van der Waals surface area contributed by atoms with Crippen molar-refractivity contribution >= 4 is 40.1 Å². The highest BCUT2D eigenvalue weighted by atomic mass is 32.1. The van der Waals surface area contributed by atoms with Gasteiger partial charge in [0.15, 0.2) is 0 Å². The summed E-state index contributed by atoms with van der Waals surface area (Å²) in [6.07, 6.45) is 2.41. The van der Waals surface area contributed by atoms with Gasteiger partial charge in [-0.15, -0.1) is 11.3 Å². The normalized spacial score (nSPS) is 16.4. The Morgan fingerprint density at radius 1 is 0.844 bits per heavy atom. The van der Waals surface area contributed by atoms with Crippen LogP contribution in [-0.4, -0.2) is 36.9 Å². The monoisotopic (exact) mass is 443 g/mol. The smallest absolute Gasteiger partial charge is 0.282 e. The predicted molar refractivity (Wildman–Crippen MR) is 130 cm³/mol. The number of thiophene rings is 1. The average molecular weight is 444 g/mol. The number of rotatable bonds is 6. The van der Waals surface area contributed by atoms with Crippen molar-refractivity contribution in [2.24, 2.45) is 0 Å². The van der Waals surface area contributed by atoms with Gasteiger partial charge >= 0.3 is 0 Å². The largest absolute Gasteiger partial charge is 0.372 e. The van der Waals surface area contributed by atoms with Crippen LogP contribution >= 0.6 is 11.3 Å². The number of hydrogen-bond donors (Lipinski definition) is 0. The van der Waals surface area contributed by atoms with Gasteiger partial charge in [-0.3, -0.25) is 9.59 Å². The molecule has 6 heteroatoms. The van der Waals surface area contributed by atoms with Crippen LogP contribution in [0.2, 0.25) is 0 Å². The van der Waals surface area contributed by atoms with Crippen molar-refractivity contribution < 1.29 is 9.59 Å². The minimum absolute atomic E-state index is 0.263. The number of likely N-dealkylation sites (N-methyl/N-ethyl adjacent to an activating group) is 1. The van der Waals surface area contributed by atoms with Crippen LogP contribution in [0.5, 0.6) is 0 Å². The van der Waals surface area contributed by atoms with Gasteiger partial charge in [-0.1, -0.05) is 36.4 Å². The lowest BCUT2D eigenvalue weighted by atomic mass is 10.1. The second-order valence-corrected chi connectivity index (χ2v) is 9.15. The molecule has 0 N–H and O–H groups in total. The zero-order chi connectivity index (χ0) is 22.1. The maximum absolute atomic E-state index is 13.6. The summed E-state index contributed by atoms with van der Waals surface area (Å²) in [6, 6.07) is 21.6. The Balaban J connectivity index is 1.48. The molecule has 0 saturated carbocycles. The van der Waals surface area contributed by atoms with E-state index in [0.29, 0.717) is 23.5 Å². The van der Waals surface area contributed by atoms with Crippen LogP contribution in [0, 0.1) is 0 Å². The Morgan fingerprint density at radius 2 is 1.53 bits per heavy atom. The summed E-state index contributed by atoms with van der Waals surface area (Å²) in [6.45, 7) is 2.66. The Morgan fingerprint density at radius 3 is 2.19 bits per heavy atom. The summed E-state index contributed by atoms with van der Waals surface area (Å²) in [5.74, 6) is -0.535. The lowest BCUT2D eigenvalue weighted by Crippen LogP contribution is -2.34. The van der Waals surface area contributed by atoms with Crippen LogP contribution in [0.3, 0.4) is 0 Å². The molecule has 0 radical (unpaired) electrons. The van der Waals surface area contributed by atoms with Crippen molar-refractivity contribution in [2.45, 2.75) is 19.4 Å². The fourth-order valence-corrected chi connectivity index (χ4v) is 5.24. The van der Waals surface area contributed by atoms with Gasteiger partial charge in [0.1, 0.15) is 5.70 Å². The molecule has 2 aliphatic rings. The van der Waals surface area contributed by atoms with E-state index >= 15 is 0 Å². The molecule has 0 aliphatic carbocycles. The zero-order valence-electron chi connectivity index (χ0n) is 18.0. The quantitative estimate of drug-likeness (QED) is 0.515. The molecule has 2 amide bonds. The van der Waals surface area contributed by atoms with Gasteiger partial charge in [-0.05, 0) is 54.1 Å². The van der Waals surface area contributed by atoms with Gasteiger partial charge in [-0.2, -0.15) is 0 Å². The van der Waals surface area contributed by atoms with E-state index < -0.39 is 0 Å². The van der Waals surface area contributed by atoms with Crippen molar-refractivity contribution in [1.29, 1.82) is 0 Å². The van der Waals surface area contributed by atoms with Crippen molar-refractivity contribution in [3.8, 4) is 0 Å². The highest BCUT2D eigenvalue weighted by molar-refractivity contribution is 7.11. The third-order valence-corrected chi connectivity index (χ3v) is 6.94. The third-order valence-electron chi connectivity index (χ3n) is 6.05. The molecule has 5 nitrogen and oxygen atoms in total. The van der Waals surface area contributed by atoms with Crippen LogP contribution in [0.4, 0.5) is 11.4 Å². The first-order chi connectivity index (χ1) is 15.6. The first-order valence-corrected chi connectivity index (χ1v) is 11.8. The zero-order valence-corrected chi connectivity index (χ0v) is 18.8. The number of carbonyl (C=O) groups excluding carboxylic acids is 2. The van der Waals surface area contributed by atoms with E-state index in [-0.39, 0.29) is 11.8 Å². The number of amides is 2. The van der Waals surface area contributed by atoms with Crippen LogP contribution in [0.15, 0.2) is 77.8 Å². The SMILES string of the molecule is CN(Cc1ccccc1)C1=C(c2cccs2)C(=O)N(c2ccc(N3CCCC3)cc2)C1=O. The standard InChI is InChI=1S/C26H25N3O2S/c1-27(18-19-8-3-2-4-9-19)24-23(22-10-7-17-32-22)25(30)29(26(24)31)21-13-11-20(12-14-21)28-15-5-6-16-28/h2-4,7-14,17H,5-6,15-16,18H2,1H3. The second-order valence-electron chi connectivity index (χ2n) is 8.20. The highest BCUT2D eigenvalue weighted by Crippen LogP contribution is 2.37. The van der Waals surface area contributed by atoms with E-state index in [4.69, 9.17) is 0 Å². The molecule has 2 aliphatic heterocycles. The summed E-state index contributed by atoms with van der Waals surface area (Å²) >= 11 is 1.48. The van der Waals surface area contributed by atoms with E-state index in [0.717, 1.165) is 29.2 Å². The molecule has 2 aromatic carbocycles. The van der Waals surface area contributed by atoms with Crippen LogP contribution in [-0.2, 0) is 16.1 Å². The topological polar surface area (TPSA) is 43.9 Å². The second kappa shape index (κ2) is 8.63. The number of benzene rings is 2. The molecule has 1 fully saturated rings. The molecular formula is C26H25N3O2S. The first-order valence-electron chi connectivity index (χ1n) is 10.9. The van der Waals surface area contributed by atoms with Gasteiger partial charge in [0.2, 0.25) is 0 Å². The minimum Gasteiger partial charge on any atom is -0.372 e. The molecule has 1 saturated heterocycles. The number of hydrogen-bond acceptors (Lipinski definition) is 5. The van der Waals surface area contributed by atoms with Crippen LogP contribution in [0.1, 0.15) is 23.3 Å². The van der Waals surface area contributed by atoms with Gasteiger partial charge < -0.3 is 9.80 Å². The van der Waals surface area contributed by atoms with E-state index in [2.05, 4.69) is 4.90 Å². The van der Waals surface area contributed by atoms with Crippen molar-refractivity contribution in [1.82, 2.24) is 4.90 Å². The van der Waals surface area contributed by atoms with Crippen LogP contribution < -0.4 is 9.80 Å². The molecule has 0 atom stereocenters. The molecule has 3 aromatic rings. The van der Waals surface area contributed by atoms with Crippen molar-refractivity contribution in [3.63, 3.8) is 0 Å². The van der Waals surface area contributed by atoms with Crippen molar-refractivity contribution in [3.05, 3.63) is 88.2 Å². The molecule has 5 rings (SSSR count). The van der Waals surface area contributed by atoms with E-state index in [1.165, 1.54) is 29.1 Å². The number of imide groups is 1. The molecule has 32 heavy (non-hydrogen) atoms. The number of carbonyl (C=O) groups is 2. The molecule has 3 heterocycles. The predicted octanol–water partition coefficient (Wildman–Crippen LogP) is 4.76. The maximum atomic E-state index is 13.6. The third kappa shape index (κ3) is 3.71. The number of anilines is 2. The van der Waals surface area contributed by atoms with E-state index in [1.54, 1.807) is 0 Å². The average Bonchev–Trinajstić information content (AvgIpc) is 3.56. The Hall–Kier alpha value is -3.38. The molecule has 0 spiro atoms. The summed E-state index contributed by atoms with van der Waals surface area (Å²) < 4.78 is 0. The van der Waals surface area contributed by atoms with E-state index in [9.17, 15) is 9.59 Å². The lowest BCUT2D eigenvalue weighted by molar-refractivity contribution is -0.120. The van der Waals surface area contributed by atoms with Crippen LogP contribution in [0.25, 0.3) is 5.57 Å². The van der Waals surface area contributed by atoms with Crippen molar-refractivity contribution in [2.75, 3.05) is 29.9 Å². The Kier molecular flexibility index (Phi) is 5.53. The summed E-state index contributed by atoms with van der Waals surface area (Å²) in [5, 5.41) is 1.93. The highest BCUT2D eigenvalue weighted by Gasteiger charge is 2.42. The molecule has 0 bridgehead atoms. The summed E-state index contributed by atoms with van der Waals surface area (Å²) in [4.78, 5) is 33.5. The van der Waals surface area contributed by atoms with Gasteiger partial charge in [-0.25, -0.2) is 4.90 Å². The molecule has 162 valence electrons. The Bertz CT molecular complexity index is 1150. The summed E-state index contributed by atoms with van der Waals surface area (Å²) in [7, 11) is 1.88. The fraction of sp³-hybridized carbons (Fsp3) is 0.231. The first kappa shape index (κ1) is 20.5. The number of nitrogens with zero attached hydrogens (tertiary/aromatic N) is 3. The van der Waals surface area contributed by atoms with Gasteiger partial charge in [0, 0.05) is 37.2 Å². The van der Waals surface area contributed by atoms with Gasteiger partial charge in [0.05, 0.1) is 11.3 Å². The Labute approximate surface area is 192 Å².